The van der Waals surface area contributed by atoms with Gasteiger partial charge in [0.15, 0.2) is 18.1 Å². The predicted octanol–water partition coefficient (Wildman–Crippen LogP) is 5.30. The van der Waals surface area contributed by atoms with E-state index >= 15 is 0 Å². The largest absolute Gasteiger partial charge is 0.490 e. The second kappa shape index (κ2) is 11.7. The van der Waals surface area contributed by atoms with Gasteiger partial charge in [0.1, 0.15) is 5.25 Å². The first-order valence-corrected chi connectivity index (χ1v) is 15.2. The number of aromatic nitrogens is 1. The van der Waals surface area contributed by atoms with Crippen molar-refractivity contribution in [3.05, 3.63) is 97.9 Å². The van der Waals surface area contributed by atoms with Crippen LogP contribution in [0.3, 0.4) is 0 Å². The number of nitrogens with zero attached hydrogens (tertiary/aromatic N) is 1. The maximum atomic E-state index is 13.9. The molecule has 4 aromatic rings. The van der Waals surface area contributed by atoms with E-state index in [-0.39, 0.29) is 29.2 Å². The molecule has 3 aromatic carbocycles. The first-order valence-electron chi connectivity index (χ1n) is 13.1. The van der Waals surface area contributed by atoms with E-state index in [9.17, 15) is 19.2 Å². The zero-order valence-electron chi connectivity index (χ0n) is 22.2. The van der Waals surface area contributed by atoms with Crippen LogP contribution in [0.1, 0.15) is 23.3 Å². The average Bonchev–Trinajstić information content (AvgIpc) is 3.48. The van der Waals surface area contributed by atoms with Crippen LogP contribution in [0.4, 0.5) is 11.4 Å². The molecule has 0 bridgehead atoms. The van der Waals surface area contributed by atoms with Crippen molar-refractivity contribution >= 4 is 63.8 Å². The first kappa shape index (κ1) is 28.1. The Kier molecular flexibility index (Phi) is 7.80. The van der Waals surface area contributed by atoms with Gasteiger partial charge in [0.05, 0.1) is 23.2 Å². The molecule has 0 radical (unpaired) electrons. The highest BCUT2D eigenvalue weighted by molar-refractivity contribution is 8.00. The van der Waals surface area contributed by atoms with E-state index in [1.165, 1.54) is 16.7 Å². The summed E-state index contributed by atoms with van der Waals surface area (Å²) in [5.74, 6) is -1.58. The number of hydrogen-bond acceptors (Lipinski definition) is 8. The summed E-state index contributed by atoms with van der Waals surface area (Å²) in [6, 6.07) is 20.8. The summed E-state index contributed by atoms with van der Waals surface area (Å²) in [4.78, 5) is 56.9. The maximum absolute atomic E-state index is 13.9. The van der Waals surface area contributed by atoms with Crippen molar-refractivity contribution in [2.75, 3.05) is 23.4 Å². The molecule has 42 heavy (non-hydrogen) atoms. The van der Waals surface area contributed by atoms with Crippen LogP contribution in [0.5, 0.6) is 11.5 Å². The lowest BCUT2D eigenvalue weighted by molar-refractivity contribution is -0.122. The van der Waals surface area contributed by atoms with Gasteiger partial charge < -0.3 is 19.8 Å². The van der Waals surface area contributed by atoms with Crippen LogP contribution in [-0.4, -0.2) is 41.2 Å². The lowest BCUT2D eigenvalue weighted by Gasteiger charge is -2.30. The van der Waals surface area contributed by atoms with Crippen molar-refractivity contribution in [3.8, 4) is 11.5 Å². The van der Waals surface area contributed by atoms with Crippen LogP contribution in [-0.2, 0) is 14.4 Å². The number of thioether (sulfide) groups is 1. The van der Waals surface area contributed by atoms with Gasteiger partial charge in [-0.25, -0.2) is 4.90 Å². The smallest absolute Gasteiger partial charge is 0.305 e. The summed E-state index contributed by atoms with van der Waals surface area (Å²) in [6.45, 7) is 1.88. The summed E-state index contributed by atoms with van der Waals surface area (Å²) in [6.07, 6.45) is 0. The second-order valence-electron chi connectivity index (χ2n) is 9.58. The van der Waals surface area contributed by atoms with Gasteiger partial charge in [0.2, 0.25) is 11.8 Å². The molecule has 2 N–H and O–H groups in total. The second-order valence-corrected chi connectivity index (χ2v) is 12.2. The average molecular weight is 622 g/mol. The highest BCUT2D eigenvalue weighted by Gasteiger charge is 2.56. The Morgan fingerprint density at radius 2 is 1.74 bits per heavy atom. The monoisotopic (exact) mass is 621 g/mol. The Bertz CT molecular complexity index is 1720. The van der Waals surface area contributed by atoms with Gasteiger partial charge in [-0.2, -0.15) is 0 Å². The molecule has 0 saturated carbocycles. The number of H-pyrrole nitrogens is 1. The number of rotatable bonds is 8. The molecule has 1 fully saturated rings. The number of hydrogen-bond donors (Lipinski definition) is 2. The Hall–Kier alpha value is -4.06. The van der Waals surface area contributed by atoms with Crippen LogP contribution < -0.4 is 24.6 Å². The Labute approximate surface area is 253 Å². The molecule has 214 valence electrons. The Morgan fingerprint density at radius 3 is 2.48 bits per heavy atom. The van der Waals surface area contributed by atoms with E-state index in [0.717, 1.165) is 11.3 Å². The molecule has 2 aliphatic heterocycles. The predicted molar refractivity (Wildman–Crippen MR) is 162 cm³/mol. The van der Waals surface area contributed by atoms with E-state index in [1.807, 2.05) is 13.0 Å². The van der Waals surface area contributed by atoms with Gasteiger partial charge in [-0.1, -0.05) is 59.0 Å². The summed E-state index contributed by atoms with van der Waals surface area (Å²) < 4.78 is 11.7. The minimum atomic E-state index is -0.729. The molecule has 3 atom stereocenters. The number of amides is 3. The number of benzene rings is 3. The van der Waals surface area contributed by atoms with Crippen molar-refractivity contribution < 1.29 is 23.9 Å². The Morgan fingerprint density at radius 1 is 0.976 bits per heavy atom. The van der Waals surface area contributed by atoms with E-state index in [0.29, 0.717) is 50.0 Å². The zero-order chi connectivity index (χ0) is 29.4. The fourth-order valence-corrected chi connectivity index (χ4v) is 7.83. The number of aromatic amines is 1. The van der Waals surface area contributed by atoms with Gasteiger partial charge in [-0.15, -0.1) is 0 Å². The third-order valence-electron chi connectivity index (χ3n) is 6.95. The fourth-order valence-electron chi connectivity index (χ4n) is 5.19. The number of fused-ring (bicyclic) bond motifs is 2. The number of ether oxygens (including phenoxy) is 2. The highest BCUT2D eigenvalue weighted by atomic mass is 35.5. The summed E-state index contributed by atoms with van der Waals surface area (Å²) >= 11 is 8.16. The molecule has 9 nitrogen and oxygen atoms in total. The summed E-state index contributed by atoms with van der Waals surface area (Å²) in [5, 5.41) is 3.19. The molecule has 6 rings (SSSR count). The quantitative estimate of drug-likeness (QED) is 0.256. The number of thiazole rings is 1. The first-order chi connectivity index (χ1) is 20.3. The summed E-state index contributed by atoms with van der Waals surface area (Å²) in [7, 11) is 0. The lowest BCUT2D eigenvalue weighted by Crippen LogP contribution is -2.32. The van der Waals surface area contributed by atoms with Crippen LogP contribution >= 0.6 is 34.7 Å². The van der Waals surface area contributed by atoms with Crippen LogP contribution in [0.15, 0.2) is 82.6 Å². The van der Waals surface area contributed by atoms with Gasteiger partial charge in [-0.3, -0.25) is 19.2 Å². The van der Waals surface area contributed by atoms with E-state index in [1.54, 1.807) is 66.7 Å². The molecule has 12 heteroatoms. The molecule has 3 amide bonds. The molecule has 0 spiro atoms. The lowest BCUT2D eigenvalue weighted by atomic mass is 9.83. The minimum Gasteiger partial charge on any atom is -0.490 e. The van der Waals surface area contributed by atoms with E-state index in [4.69, 9.17) is 21.1 Å². The number of halogens is 1. The molecule has 0 unspecified atom stereocenters. The number of carbonyl (C=O) groups is 3. The SMILES string of the molecule is CCOc1cc([C@@H]2c3sc(=O)[nH]c3S[C@H]3C(=O)N(c4ccccc4)C(=O)[C@@H]23)ccc1OCC(=O)Nc1ccc(Cl)cc1. The molecular weight excluding hydrogens is 598 g/mol. The highest BCUT2D eigenvalue weighted by Crippen LogP contribution is 2.53. The molecule has 1 aromatic heterocycles. The third kappa shape index (κ3) is 5.31. The van der Waals surface area contributed by atoms with Crippen molar-refractivity contribution in [1.82, 2.24) is 4.98 Å². The van der Waals surface area contributed by atoms with Crippen molar-refractivity contribution in [3.63, 3.8) is 0 Å². The normalized spacial score (nSPS) is 19.3. The van der Waals surface area contributed by atoms with Crippen molar-refractivity contribution in [2.45, 2.75) is 23.1 Å². The van der Waals surface area contributed by atoms with Crippen molar-refractivity contribution in [2.24, 2.45) is 5.92 Å². The number of carbonyl (C=O) groups excluding carboxylic acids is 3. The van der Waals surface area contributed by atoms with Crippen LogP contribution in [0, 0.1) is 5.92 Å². The number of para-hydroxylation sites is 1. The minimum absolute atomic E-state index is 0.256. The zero-order valence-corrected chi connectivity index (χ0v) is 24.6. The van der Waals surface area contributed by atoms with Crippen LogP contribution in [0.2, 0.25) is 5.02 Å². The number of imide groups is 1. The molecule has 0 aliphatic carbocycles. The van der Waals surface area contributed by atoms with Gasteiger partial charge in [0, 0.05) is 21.5 Å². The van der Waals surface area contributed by atoms with Crippen LogP contribution in [0.25, 0.3) is 0 Å². The van der Waals surface area contributed by atoms with E-state index in [2.05, 4.69) is 10.3 Å². The van der Waals surface area contributed by atoms with E-state index < -0.39 is 17.1 Å². The summed E-state index contributed by atoms with van der Waals surface area (Å²) in [5.41, 5.74) is 1.78. The molecular formula is C30H24ClN3O6S2. The van der Waals surface area contributed by atoms with Gasteiger partial charge >= 0.3 is 4.87 Å². The topological polar surface area (TPSA) is 118 Å². The molecule has 1 saturated heterocycles. The standard InChI is InChI=1S/C30H24ClN3O6S2/c1-2-39-21-14-16(8-13-20(21)40-15-22(35)32-18-11-9-17(31)10-12-18)23-24-26(41-27-25(23)42-30(38)33-27)29(37)34(28(24)36)19-6-4-3-5-7-19/h3-14,23-24,26H,2,15H2,1H3,(H,32,35)(H,33,38)/t23-,24-,26+/m0/s1. The molecule has 2 aliphatic rings. The number of nitrogens with one attached hydrogen (secondary N) is 2. The fraction of sp³-hybridized carbons (Fsp3) is 0.200. The molecule has 3 heterocycles. The third-order valence-corrected chi connectivity index (χ3v) is 9.60. The van der Waals surface area contributed by atoms with Gasteiger partial charge in [-0.05, 0) is 61.0 Å². The number of anilines is 2. The van der Waals surface area contributed by atoms with Crippen molar-refractivity contribution in [1.29, 1.82) is 0 Å². The maximum Gasteiger partial charge on any atom is 0.305 e. The Balaban J connectivity index is 1.31. The van der Waals surface area contributed by atoms with Gasteiger partial charge in [0.25, 0.3) is 5.91 Å².